The monoisotopic (exact) mass is 375 g/mol. The molecule has 2 aliphatic rings. The number of nitrogens with one attached hydrogen (secondary N) is 1. The summed E-state index contributed by atoms with van der Waals surface area (Å²) in [6.07, 6.45) is 4.04. The first-order valence-electron chi connectivity index (χ1n) is 9.52. The molecule has 0 bridgehead atoms. The minimum atomic E-state index is -0.494. The number of rotatable bonds is 8. The van der Waals surface area contributed by atoms with Crippen molar-refractivity contribution in [3.63, 3.8) is 0 Å². The molecule has 0 spiro atoms. The Labute approximate surface area is 158 Å². The molecule has 1 N–H and O–H groups in total. The zero-order valence-corrected chi connectivity index (χ0v) is 15.5. The Balaban J connectivity index is 1.78. The van der Waals surface area contributed by atoms with Gasteiger partial charge in [0.25, 0.3) is 5.69 Å². The summed E-state index contributed by atoms with van der Waals surface area (Å²) in [5.41, 5.74) is 0.516. The molecular formula is C19H25N3O5. The fourth-order valence-electron chi connectivity index (χ4n) is 3.92. The highest BCUT2D eigenvalue weighted by Gasteiger charge is 2.49. The highest BCUT2D eigenvalue weighted by molar-refractivity contribution is 6.22. The van der Waals surface area contributed by atoms with Crippen LogP contribution in [0.3, 0.4) is 0 Å². The summed E-state index contributed by atoms with van der Waals surface area (Å²) in [6.45, 7) is 3.66. The summed E-state index contributed by atoms with van der Waals surface area (Å²) >= 11 is 0. The third-order valence-electron chi connectivity index (χ3n) is 5.26. The predicted octanol–water partition coefficient (Wildman–Crippen LogP) is 3.11. The van der Waals surface area contributed by atoms with Crippen LogP contribution < -0.4 is 10.2 Å². The van der Waals surface area contributed by atoms with Gasteiger partial charge in [-0.15, -0.1) is 0 Å². The number of hydrogen-bond acceptors (Lipinski definition) is 6. The molecule has 1 aromatic rings. The molecular weight excluding hydrogens is 350 g/mol. The van der Waals surface area contributed by atoms with E-state index in [2.05, 4.69) is 5.32 Å². The number of anilines is 2. The lowest BCUT2D eigenvalue weighted by molar-refractivity contribution is -0.383. The fraction of sp³-hybridized carbons (Fsp3) is 0.579. The van der Waals surface area contributed by atoms with Gasteiger partial charge in [-0.3, -0.25) is 19.7 Å². The smallest absolute Gasteiger partial charge is 0.294 e. The van der Waals surface area contributed by atoms with Gasteiger partial charge in [0.1, 0.15) is 5.69 Å². The molecule has 8 nitrogen and oxygen atoms in total. The molecule has 2 unspecified atom stereocenters. The van der Waals surface area contributed by atoms with Crippen molar-refractivity contribution in [3.8, 4) is 0 Å². The molecule has 1 saturated heterocycles. The van der Waals surface area contributed by atoms with Crippen LogP contribution in [-0.4, -0.2) is 36.5 Å². The standard InChI is InChI=1S/C19H25N3O5/c1-2-27-11-5-10-20-16-9-8-13(12-17(16)22(25)26)21-18(23)14-6-3-4-7-15(14)19(21)24/h8-9,12,14-15,20H,2-7,10-11H2,1H3. The maximum Gasteiger partial charge on any atom is 0.294 e. The Morgan fingerprint density at radius 3 is 2.48 bits per heavy atom. The molecule has 1 aliphatic carbocycles. The average Bonchev–Trinajstić information content (AvgIpc) is 2.93. The highest BCUT2D eigenvalue weighted by atomic mass is 16.6. The highest BCUT2D eigenvalue weighted by Crippen LogP contribution is 2.41. The number of fused-ring (bicyclic) bond motifs is 1. The van der Waals surface area contributed by atoms with Crippen LogP contribution in [0, 0.1) is 22.0 Å². The van der Waals surface area contributed by atoms with E-state index < -0.39 is 4.92 Å². The molecule has 0 radical (unpaired) electrons. The lowest BCUT2D eigenvalue weighted by Gasteiger charge is -2.19. The van der Waals surface area contributed by atoms with E-state index in [0.29, 0.717) is 38.3 Å². The average molecular weight is 375 g/mol. The number of amides is 2. The van der Waals surface area contributed by atoms with Gasteiger partial charge in [-0.1, -0.05) is 12.8 Å². The zero-order chi connectivity index (χ0) is 19.4. The molecule has 27 heavy (non-hydrogen) atoms. The van der Waals surface area contributed by atoms with E-state index in [9.17, 15) is 19.7 Å². The molecule has 1 aliphatic heterocycles. The van der Waals surface area contributed by atoms with Gasteiger partial charge in [0.2, 0.25) is 11.8 Å². The van der Waals surface area contributed by atoms with Crippen molar-refractivity contribution >= 4 is 28.9 Å². The van der Waals surface area contributed by atoms with Crippen LogP contribution in [-0.2, 0) is 14.3 Å². The first kappa shape index (κ1) is 19.3. The van der Waals surface area contributed by atoms with Crippen LogP contribution in [0.4, 0.5) is 17.1 Å². The van der Waals surface area contributed by atoms with Gasteiger partial charge in [-0.2, -0.15) is 0 Å². The van der Waals surface area contributed by atoms with Crippen LogP contribution >= 0.6 is 0 Å². The van der Waals surface area contributed by atoms with Gasteiger partial charge in [-0.05, 0) is 38.3 Å². The van der Waals surface area contributed by atoms with Crippen molar-refractivity contribution in [2.24, 2.45) is 11.8 Å². The molecule has 0 aromatic heterocycles. The quantitative estimate of drug-likeness (QED) is 0.324. The Bertz CT molecular complexity index is 712. The molecule has 2 fully saturated rings. The van der Waals surface area contributed by atoms with Gasteiger partial charge in [0, 0.05) is 25.8 Å². The van der Waals surface area contributed by atoms with E-state index in [1.807, 2.05) is 6.92 Å². The molecule has 1 aromatic carbocycles. The summed E-state index contributed by atoms with van der Waals surface area (Å²) < 4.78 is 5.25. The topological polar surface area (TPSA) is 102 Å². The number of nitrogens with zero attached hydrogens (tertiary/aromatic N) is 2. The zero-order valence-electron chi connectivity index (χ0n) is 15.5. The maximum absolute atomic E-state index is 12.7. The second-order valence-electron chi connectivity index (χ2n) is 6.95. The predicted molar refractivity (Wildman–Crippen MR) is 101 cm³/mol. The molecule has 8 heteroatoms. The van der Waals surface area contributed by atoms with Gasteiger partial charge in [-0.25, -0.2) is 4.90 Å². The number of ether oxygens (including phenoxy) is 1. The molecule has 1 heterocycles. The second kappa shape index (κ2) is 8.47. The third-order valence-corrected chi connectivity index (χ3v) is 5.26. The summed E-state index contributed by atoms with van der Waals surface area (Å²) in [5.74, 6) is -1.00. The van der Waals surface area contributed by atoms with Crippen LogP contribution in [0.2, 0.25) is 0 Å². The van der Waals surface area contributed by atoms with Crippen molar-refractivity contribution in [1.82, 2.24) is 0 Å². The lowest BCUT2D eigenvalue weighted by atomic mass is 9.81. The number of nitro benzene ring substituents is 1. The summed E-state index contributed by atoms with van der Waals surface area (Å²) in [7, 11) is 0. The van der Waals surface area contributed by atoms with E-state index in [1.165, 1.54) is 6.07 Å². The summed E-state index contributed by atoms with van der Waals surface area (Å²) in [4.78, 5) is 37.5. The van der Waals surface area contributed by atoms with Crippen LogP contribution in [0.1, 0.15) is 39.0 Å². The van der Waals surface area contributed by atoms with E-state index >= 15 is 0 Å². The molecule has 2 amide bonds. The van der Waals surface area contributed by atoms with E-state index in [0.717, 1.165) is 24.2 Å². The number of carbonyl (C=O) groups is 2. The van der Waals surface area contributed by atoms with Crippen LogP contribution in [0.15, 0.2) is 18.2 Å². The summed E-state index contributed by atoms with van der Waals surface area (Å²) in [6, 6.07) is 4.49. The Morgan fingerprint density at radius 1 is 1.22 bits per heavy atom. The molecule has 2 atom stereocenters. The first-order valence-corrected chi connectivity index (χ1v) is 9.52. The Morgan fingerprint density at radius 2 is 1.89 bits per heavy atom. The minimum absolute atomic E-state index is 0.139. The number of carbonyl (C=O) groups excluding carboxylic acids is 2. The van der Waals surface area contributed by atoms with Crippen molar-refractivity contribution in [2.45, 2.75) is 39.0 Å². The van der Waals surface area contributed by atoms with Crippen molar-refractivity contribution in [1.29, 1.82) is 0 Å². The second-order valence-corrected chi connectivity index (χ2v) is 6.95. The van der Waals surface area contributed by atoms with Crippen molar-refractivity contribution < 1.29 is 19.2 Å². The SMILES string of the molecule is CCOCCCNc1ccc(N2C(=O)C3CCCCC3C2=O)cc1[N+](=O)[O-]. The summed E-state index contributed by atoms with van der Waals surface area (Å²) in [5, 5.41) is 14.5. The van der Waals surface area contributed by atoms with Gasteiger partial charge in [0.05, 0.1) is 22.4 Å². The third kappa shape index (κ3) is 3.95. The van der Waals surface area contributed by atoms with Crippen LogP contribution in [0.25, 0.3) is 0 Å². The van der Waals surface area contributed by atoms with Gasteiger partial charge < -0.3 is 10.1 Å². The van der Waals surface area contributed by atoms with Crippen molar-refractivity contribution in [2.75, 3.05) is 30.0 Å². The van der Waals surface area contributed by atoms with E-state index in [-0.39, 0.29) is 35.0 Å². The Kier molecular flexibility index (Phi) is 6.05. The Hall–Kier alpha value is -2.48. The number of benzene rings is 1. The minimum Gasteiger partial charge on any atom is -0.382 e. The van der Waals surface area contributed by atoms with E-state index in [4.69, 9.17) is 4.74 Å². The molecule has 1 saturated carbocycles. The number of hydrogen-bond donors (Lipinski definition) is 1. The van der Waals surface area contributed by atoms with Gasteiger partial charge >= 0.3 is 0 Å². The normalized spacial score (nSPS) is 22.0. The van der Waals surface area contributed by atoms with Gasteiger partial charge in [0.15, 0.2) is 0 Å². The number of imide groups is 1. The van der Waals surface area contributed by atoms with Crippen LogP contribution in [0.5, 0.6) is 0 Å². The molecule has 3 rings (SSSR count). The van der Waals surface area contributed by atoms with E-state index in [1.54, 1.807) is 12.1 Å². The van der Waals surface area contributed by atoms with Crippen molar-refractivity contribution in [3.05, 3.63) is 28.3 Å². The number of nitro groups is 1. The maximum atomic E-state index is 12.7. The largest absolute Gasteiger partial charge is 0.382 e. The first-order chi connectivity index (χ1) is 13.0. The fourth-order valence-corrected chi connectivity index (χ4v) is 3.92. The molecule has 146 valence electrons. The lowest BCUT2D eigenvalue weighted by Crippen LogP contribution is -2.30.